The van der Waals surface area contributed by atoms with Crippen molar-refractivity contribution in [2.75, 3.05) is 0 Å². The van der Waals surface area contributed by atoms with E-state index < -0.39 is 5.69 Å². The van der Waals surface area contributed by atoms with Crippen LogP contribution < -0.4 is 11.0 Å². The number of aromatic amines is 1. The molecule has 0 radical (unpaired) electrons. The van der Waals surface area contributed by atoms with Gasteiger partial charge in [0.2, 0.25) is 0 Å². The van der Waals surface area contributed by atoms with Crippen molar-refractivity contribution in [3.63, 3.8) is 0 Å². The normalized spacial score (nSPS) is 10.7. The zero-order chi connectivity index (χ0) is 22.7. The third-order valence-electron chi connectivity index (χ3n) is 4.94. The first kappa shape index (κ1) is 21.3. The summed E-state index contributed by atoms with van der Waals surface area (Å²) in [6.07, 6.45) is 1.61. The van der Waals surface area contributed by atoms with E-state index in [0.717, 1.165) is 16.7 Å². The van der Waals surface area contributed by atoms with Crippen LogP contribution in [0.2, 0.25) is 5.15 Å². The Labute approximate surface area is 188 Å². The van der Waals surface area contributed by atoms with Crippen LogP contribution in [0.25, 0.3) is 22.5 Å². The molecule has 0 spiro atoms. The number of nitrogens with zero attached hydrogens (tertiary/aromatic N) is 2. The number of pyridine rings is 1. The van der Waals surface area contributed by atoms with Gasteiger partial charge in [0.25, 0.3) is 5.91 Å². The van der Waals surface area contributed by atoms with E-state index in [1.54, 1.807) is 73.8 Å². The fourth-order valence-corrected chi connectivity index (χ4v) is 3.28. The number of hydrogen-bond donors (Lipinski definition) is 3. The van der Waals surface area contributed by atoms with Crippen molar-refractivity contribution in [3.8, 4) is 28.3 Å². The summed E-state index contributed by atoms with van der Waals surface area (Å²) >= 11 is 5.77. The predicted molar refractivity (Wildman–Crippen MR) is 123 cm³/mol. The second kappa shape index (κ2) is 9.03. The van der Waals surface area contributed by atoms with Gasteiger partial charge in [0, 0.05) is 23.9 Å². The standard InChI is InChI=1S/C24H19ClN4O3/c1-14-10-18(7-8-21(14)30)20-11-19(28-24(32)29-20)16-3-5-17(6-4-16)23(31)27-13-15-2-9-22(25)26-12-15/h2-12,30H,13H2,1H3,(H,27,31)(H,28,29,32). The number of carbonyl (C=O) groups is 1. The number of amides is 1. The molecule has 4 rings (SSSR count). The largest absolute Gasteiger partial charge is 0.508 e. The molecule has 0 fully saturated rings. The number of halogens is 1. The van der Waals surface area contributed by atoms with Gasteiger partial charge < -0.3 is 15.4 Å². The van der Waals surface area contributed by atoms with Crippen molar-refractivity contribution in [1.29, 1.82) is 0 Å². The molecule has 0 unspecified atom stereocenters. The van der Waals surface area contributed by atoms with E-state index in [9.17, 15) is 14.7 Å². The first-order valence-corrected chi connectivity index (χ1v) is 10.2. The van der Waals surface area contributed by atoms with E-state index in [2.05, 4.69) is 20.3 Å². The van der Waals surface area contributed by atoms with Crippen LogP contribution in [0.5, 0.6) is 5.75 Å². The summed E-state index contributed by atoms with van der Waals surface area (Å²) in [4.78, 5) is 35.3. The van der Waals surface area contributed by atoms with Crippen molar-refractivity contribution >= 4 is 17.5 Å². The first-order chi connectivity index (χ1) is 15.4. The number of phenols is 1. The van der Waals surface area contributed by atoms with Crippen LogP contribution in [0.15, 0.2) is 71.7 Å². The summed E-state index contributed by atoms with van der Waals surface area (Å²) in [7, 11) is 0. The molecule has 0 bridgehead atoms. The van der Waals surface area contributed by atoms with Crippen LogP contribution in [-0.4, -0.2) is 26.0 Å². The number of aromatic hydroxyl groups is 1. The highest BCUT2D eigenvalue weighted by Gasteiger charge is 2.10. The maximum Gasteiger partial charge on any atom is 0.345 e. The van der Waals surface area contributed by atoms with E-state index >= 15 is 0 Å². The third kappa shape index (κ3) is 4.84. The Kier molecular flexibility index (Phi) is 6.00. The average molecular weight is 447 g/mol. The van der Waals surface area contributed by atoms with Gasteiger partial charge in [0.1, 0.15) is 10.9 Å². The SMILES string of the molecule is Cc1cc(-c2cc(-c3ccc(C(=O)NCc4ccc(Cl)nc4)cc3)[nH]c(=O)n2)ccc1O. The Hall–Kier alpha value is -3.97. The Balaban J connectivity index is 1.52. The van der Waals surface area contributed by atoms with Crippen molar-refractivity contribution < 1.29 is 9.90 Å². The fourth-order valence-electron chi connectivity index (χ4n) is 3.17. The molecule has 1 amide bonds. The molecule has 160 valence electrons. The molecule has 0 atom stereocenters. The van der Waals surface area contributed by atoms with Crippen LogP contribution in [-0.2, 0) is 6.54 Å². The lowest BCUT2D eigenvalue weighted by molar-refractivity contribution is 0.0951. The van der Waals surface area contributed by atoms with Crippen LogP contribution in [0, 0.1) is 6.92 Å². The molecule has 2 aromatic carbocycles. The van der Waals surface area contributed by atoms with Gasteiger partial charge in [-0.25, -0.2) is 9.78 Å². The quantitative estimate of drug-likeness (QED) is 0.400. The molecule has 2 heterocycles. The summed E-state index contributed by atoms with van der Waals surface area (Å²) in [5.74, 6) is -0.0463. The zero-order valence-corrected chi connectivity index (χ0v) is 17.8. The number of rotatable bonds is 5. The molecule has 4 aromatic rings. The monoisotopic (exact) mass is 446 g/mol. The average Bonchev–Trinajstić information content (AvgIpc) is 2.80. The van der Waals surface area contributed by atoms with E-state index in [1.165, 1.54) is 0 Å². The minimum Gasteiger partial charge on any atom is -0.508 e. The van der Waals surface area contributed by atoms with Gasteiger partial charge >= 0.3 is 5.69 Å². The van der Waals surface area contributed by atoms with Crippen LogP contribution >= 0.6 is 11.6 Å². The van der Waals surface area contributed by atoms with E-state index in [4.69, 9.17) is 11.6 Å². The van der Waals surface area contributed by atoms with Crippen LogP contribution in [0.4, 0.5) is 0 Å². The molecule has 7 nitrogen and oxygen atoms in total. The van der Waals surface area contributed by atoms with Crippen LogP contribution in [0.1, 0.15) is 21.5 Å². The van der Waals surface area contributed by atoms with E-state index in [-0.39, 0.29) is 11.7 Å². The molecule has 2 aromatic heterocycles. The topological polar surface area (TPSA) is 108 Å². The Morgan fingerprint density at radius 3 is 2.50 bits per heavy atom. The van der Waals surface area contributed by atoms with Gasteiger partial charge in [-0.2, -0.15) is 4.98 Å². The summed E-state index contributed by atoms with van der Waals surface area (Å²) in [6, 6.07) is 17.2. The molecule has 0 saturated carbocycles. The number of benzene rings is 2. The van der Waals surface area contributed by atoms with Gasteiger partial charge in [0.15, 0.2) is 0 Å². The molecule has 0 aliphatic carbocycles. The summed E-state index contributed by atoms with van der Waals surface area (Å²) in [5, 5.41) is 13.0. The highest BCUT2D eigenvalue weighted by Crippen LogP contribution is 2.26. The molecular weight excluding hydrogens is 428 g/mol. The number of nitrogens with one attached hydrogen (secondary N) is 2. The van der Waals surface area contributed by atoms with E-state index in [0.29, 0.717) is 34.2 Å². The van der Waals surface area contributed by atoms with Gasteiger partial charge in [-0.15, -0.1) is 0 Å². The predicted octanol–water partition coefficient (Wildman–Crippen LogP) is 4.10. The molecule has 8 heteroatoms. The number of aryl methyl sites for hydroxylation is 1. The van der Waals surface area contributed by atoms with Crippen molar-refractivity contribution in [2.24, 2.45) is 0 Å². The smallest absolute Gasteiger partial charge is 0.345 e. The lowest BCUT2D eigenvalue weighted by Crippen LogP contribution is -2.22. The van der Waals surface area contributed by atoms with Crippen molar-refractivity contribution in [1.82, 2.24) is 20.3 Å². The lowest BCUT2D eigenvalue weighted by Gasteiger charge is -2.08. The lowest BCUT2D eigenvalue weighted by atomic mass is 10.0. The summed E-state index contributed by atoms with van der Waals surface area (Å²) < 4.78 is 0. The Morgan fingerprint density at radius 1 is 1.06 bits per heavy atom. The number of carbonyl (C=O) groups excluding carboxylic acids is 1. The fraction of sp³-hybridized carbons (Fsp3) is 0.0833. The molecule has 0 aliphatic rings. The molecule has 32 heavy (non-hydrogen) atoms. The van der Waals surface area contributed by atoms with Gasteiger partial charge in [0.05, 0.1) is 11.4 Å². The minimum atomic E-state index is -0.485. The highest BCUT2D eigenvalue weighted by molar-refractivity contribution is 6.29. The maximum atomic E-state index is 12.4. The molecule has 0 aliphatic heterocycles. The molecular formula is C24H19ClN4O3. The number of phenolic OH excluding ortho intramolecular Hbond substituents is 1. The van der Waals surface area contributed by atoms with Gasteiger partial charge in [-0.1, -0.05) is 29.8 Å². The summed E-state index contributed by atoms with van der Waals surface area (Å²) in [6.45, 7) is 2.11. The molecule has 0 saturated heterocycles. The number of H-pyrrole nitrogens is 1. The third-order valence-corrected chi connectivity index (χ3v) is 5.16. The number of aromatic nitrogens is 3. The summed E-state index contributed by atoms with van der Waals surface area (Å²) in [5.41, 5.74) is 4.06. The first-order valence-electron chi connectivity index (χ1n) is 9.79. The molecule has 3 N–H and O–H groups in total. The van der Waals surface area contributed by atoms with E-state index in [1.807, 2.05) is 0 Å². The van der Waals surface area contributed by atoms with Gasteiger partial charge in [-0.3, -0.25) is 4.79 Å². The maximum absolute atomic E-state index is 12.4. The van der Waals surface area contributed by atoms with Crippen molar-refractivity contribution in [3.05, 3.63) is 99.2 Å². The van der Waals surface area contributed by atoms with Crippen LogP contribution in [0.3, 0.4) is 0 Å². The number of hydrogen-bond acceptors (Lipinski definition) is 5. The Bertz CT molecular complexity index is 1330. The minimum absolute atomic E-state index is 0.181. The van der Waals surface area contributed by atoms with Crippen molar-refractivity contribution in [2.45, 2.75) is 13.5 Å². The van der Waals surface area contributed by atoms with Gasteiger partial charge in [-0.05, 0) is 66.1 Å². The Morgan fingerprint density at radius 2 is 1.81 bits per heavy atom. The second-order valence-electron chi connectivity index (χ2n) is 7.24. The zero-order valence-electron chi connectivity index (χ0n) is 17.1. The second-order valence-corrected chi connectivity index (χ2v) is 7.62. The highest BCUT2D eigenvalue weighted by atomic mass is 35.5.